The molecule has 0 saturated heterocycles. The van der Waals surface area contributed by atoms with E-state index in [4.69, 9.17) is 0 Å². The summed E-state index contributed by atoms with van der Waals surface area (Å²) in [5, 5.41) is 22.5. The third kappa shape index (κ3) is 2.85. The largest absolute Gasteiger partial charge is 0.284 e. The van der Waals surface area contributed by atoms with Crippen LogP contribution in [0.3, 0.4) is 0 Å². The lowest BCUT2D eigenvalue weighted by atomic mass is 9.98. The Bertz CT molecular complexity index is 874. The van der Waals surface area contributed by atoms with Crippen molar-refractivity contribution in [3.8, 4) is 22.3 Å². The van der Waals surface area contributed by atoms with Crippen molar-refractivity contribution in [1.29, 1.82) is 0 Å². The third-order valence-electron chi connectivity index (χ3n) is 3.69. The molecule has 0 bridgehead atoms. The first kappa shape index (κ1) is 15.4. The standard InChI is InChI=1S/C18H12N2O4/c21-19(22)16-7-4-8-17(20(23)24)18(16)15-11-9-14(10-12-15)13-5-2-1-3-6-13/h1-12H. The highest BCUT2D eigenvalue weighted by Gasteiger charge is 2.25. The number of nitrogens with zero attached hydrogens (tertiary/aromatic N) is 2. The van der Waals surface area contributed by atoms with Gasteiger partial charge in [0, 0.05) is 12.1 Å². The van der Waals surface area contributed by atoms with E-state index in [1.807, 2.05) is 30.3 Å². The number of nitro benzene ring substituents is 2. The molecule has 0 fully saturated rings. The summed E-state index contributed by atoms with van der Waals surface area (Å²) < 4.78 is 0. The van der Waals surface area contributed by atoms with Gasteiger partial charge in [0.25, 0.3) is 11.4 Å². The van der Waals surface area contributed by atoms with Crippen molar-refractivity contribution in [2.75, 3.05) is 0 Å². The zero-order valence-corrected chi connectivity index (χ0v) is 12.5. The van der Waals surface area contributed by atoms with E-state index in [1.54, 1.807) is 24.3 Å². The summed E-state index contributed by atoms with van der Waals surface area (Å²) in [5.74, 6) is 0. The van der Waals surface area contributed by atoms with E-state index in [9.17, 15) is 20.2 Å². The zero-order valence-electron chi connectivity index (χ0n) is 12.5. The van der Waals surface area contributed by atoms with Gasteiger partial charge in [0.05, 0.1) is 9.85 Å². The minimum atomic E-state index is -0.604. The fourth-order valence-corrected chi connectivity index (χ4v) is 2.59. The van der Waals surface area contributed by atoms with Crippen LogP contribution in [0.2, 0.25) is 0 Å². The number of benzene rings is 3. The van der Waals surface area contributed by atoms with Crippen LogP contribution in [0.4, 0.5) is 11.4 Å². The molecule has 0 N–H and O–H groups in total. The van der Waals surface area contributed by atoms with Crippen LogP contribution in [-0.4, -0.2) is 9.85 Å². The predicted octanol–water partition coefficient (Wildman–Crippen LogP) is 4.84. The number of hydrogen-bond acceptors (Lipinski definition) is 4. The number of rotatable bonds is 4. The average Bonchev–Trinajstić information content (AvgIpc) is 2.62. The van der Waals surface area contributed by atoms with Crippen LogP contribution >= 0.6 is 0 Å². The Balaban J connectivity index is 2.13. The van der Waals surface area contributed by atoms with Gasteiger partial charge in [0.2, 0.25) is 0 Å². The summed E-state index contributed by atoms with van der Waals surface area (Å²) in [6.07, 6.45) is 0. The van der Waals surface area contributed by atoms with Crippen molar-refractivity contribution in [1.82, 2.24) is 0 Å². The average molecular weight is 320 g/mol. The summed E-state index contributed by atoms with van der Waals surface area (Å²) in [4.78, 5) is 21.3. The van der Waals surface area contributed by atoms with Crippen LogP contribution in [0.25, 0.3) is 22.3 Å². The molecule has 3 aromatic carbocycles. The van der Waals surface area contributed by atoms with Crippen molar-refractivity contribution in [3.05, 3.63) is 93.0 Å². The predicted molar refractivity (Wildman–Crippen MR) is 90.6 cm³/mol. The summed E-state index contributed by atoms with van der Waals surface area (Å²) in [5.41, 5.74) is 1.83. The quantitative estimate of drug-likeness (QED) is 0.508. The SMILES string of the molecule is O=[N+]([O-])c1cccc([N+](=O)[O-])c1-c1ccc(-c2ccccc2)cc1. The second kappa shape index (κ2) is 6.29. The van der Waals surface area contributed by atoms with Gasteiger partial charge in [-0.15, -0.1) is 0 Å². The van der Waals surface area contributed by atoms with E-state index in [1.165, 1.54) is 18.2 Å². The summed E-state index contributed by atoms with van der Waals surface area (Å²) in [7, 11) is 0. The van der Waals surface area contributed by atoms with E-state index in [0.717, 1.165) is 11.1 Å². The lowest BCUT2D eigenvalue weighted by molar-refractivity contribution is -0.392. The first-order chi connectivity index (χ1) is 11.6. The Hall–Kier alpha value is -3.54. The smallest absolute Gasteiger partial charge is 0.258 e. The number of hydrogen-bond donors (Lipinski definition) is 0. The molecule has 6 heteroatoms. The van der Waals surface area contributed by atoms with E-state index in [2.05, 4.69) is 0 Å². The molecular formula is C18H12N2O4. The van der Waals surface area contributed by atoms with Crippen molar-refractivity contribution in [2.45, 2.75) is 0 Å². The molecule has 0 spiro atoms. The highest BCUT2D eigenvalue weighted by Crippen LogP contribution is 2.38. The van der Waals surface area contributed by atoms with E-state index >= 15 is 0 Å². The third-order valence-corrected chi connectivity index (χ3v) is 3.69. The monoisotopic (exact) mass is 320 g/mol. The molecule has 0 aliphatic rings. The Morgan fingerprint density at radius 3 is 1.50 bits per heavy atom. The summed E-state index contributed by atoms with van der Waals surface area (Å²) >= 11 is 0. The van der Waals surface area contributed by atoms with Gasteiger partial charge < -0.3 is 0 Å². The van der Waals surface area contributed by atoms with Gasteiger partial charge in [-0.3, -0.25) is 20.2 Å². The first-order valence-electron chi connectivity index (χ1n) is 7.15. The molecular weight excluding hydrogens is 308 g/mol. The minimum Gasteiger partial charge on any atom is -0.258 e. The highest BCUT2D eigenvalue weighted by atomic mass is 16.6. The number of nitro groups is 2. The van der Waals surface area contributed by atoms with Crippen LogP contribution < -0.4 is 0 Å². The van der Waals surface area contributed by atoms with Gasteiger partial charge in [0.1, 0.15) is 5.56 Å². The molecule has 0 heterocycles. The Kier molecular flexibility index (Phi) is 4.03. The van der Waals surface area contributed by atoms with Crippen LogP contribution in [0.15, 0.2) is 72.8 Å². The lowest BCUT2D eigenvalue weighted by Crippen LogP contribution is -1.97. The Labute approximate surface area is 137 Å². The fraction of sp³-hybridized carbons (Fsp3) is 0. The summed E-state index contributed by atoms with van der Waals surface area (Å²) in [6, 6.07) is 20.4. The van der Waals surface area contributed by atoms with E-state index in [-0.39, 0.29) is 16.9 Å². The normalized spacial score (nSPS) is 10.3. The van der Waals surface area contributed by atoms with E-state index < -0.39 is 9.85 Å². The second-order valence-corrected chi connectivity index (χ2v) is 5.13. The molecule has 0 aromatic heterocycles. The van der Waals surface area contributed by atoms with Gasteiger partial charge >= 0.3 is 0 Å². The lowest BCUT2D eigenvalue weighted by Gasteiger charge is -2.06. The maximum absolute atomic E-state index is 11.2. The molecule has 0 unspecified atom stereocenters. The molecule has 0 radical (unpaired) electrons. The molecule has 0 saturated carbocycles. The van der Waals surface area contributed by atoms with Gasteiger partial charge in [-0.25, -0.2) is 0 Å². The molecule has 0 atom stereocenters. The fourth-order valence-electron chi connectivity index (χ4n) is 2.59. The topological polar surface area (TPSA) is 86.3 Å². The highest BCUT2D eigenvalue weighted by molar-refractivity contribution is 5.83. The van der Waals surface area contributed by atoms with Crippen molar-refractivity contribution in [2.24, 2.45) is 0 Å². The maximum Gasteiger partial charge on any atom is 0.284 e. The Morgan fingerprint density at radius 2 is 1.00 bits per heavy atom. The minimum absolute atomic E-state index is 0.0205. The van der Waals surface area contributed by atoms with Crippen LogP contribution in [0, 0.1) is 20.2 Å². The van der Waals surface area contributed by atoms with Gasteiger partial charge in [0.15, 0.2) is 0 Å². The molecule has 3 aromatic rings. The molecule has 0 aliphatic carbocycles. The van der Waals surface area contributed by atoms with Gasteiger partial charge in [-0.2, -0.15) is 0 Å². The molecule has 24 heavy (non-hydrogen) atoms. The van der Waals surface area contributed by atoms with Crippen molar-refractivity contribution in [3.63, 3.8) is 0 Å². The van der Waals surface area contributed by atoms with Gasteiger partial charge in [-0.05, 0) is 22.8 Å². The zero-order chi connectivity index (χ0) is 17.1. The molecule has 0 aliphatic heterocycles. The van der Waals surface area contributed by atoms with Crippen LogP contribution in [0.5, 0.6) is 0 Å². The van der Waals surface area contributed by atoms with Crippen LogP contribution in [-0.2, 0) is 0 Å². The van der Waals surface area contributed by atoms with Gasteiger partial charge in [-0.1, -0.05) is 54.6 Å². The van der Waals surface area contributed by atoms with Crippen molar-refractivity contribution < 1.29 is 9.85 Å². The Morgan fingerprint density at radius 1 is 0.542 bits per heavy atom. The second-order valence-electron chi connectivity index (χ2n) is 5.13. The van der Waals surface area contributed by atoms with Crippen molar-refractivity contribution >= 4 is 11.4 Å². The summed E-state index contributed by atoms with van der Waals surface area (Å²) in [6.45, 7) is 0. The molecule has 118 valence electrons. The molecule has 6 nitrogen and oxygen atoms in total. The first-order valence-corrected chi connectivity index (χ1v) is 7.15. The molecule has 0 amide bonds. The molecule has 3 rings (SSSR count). The van der Waals surface area contributed by atoms with Crippen LogP contribution in [0.1, 0.15) is 0 Å². The maximum atomic E-state index is 11.2. The van der Waals surface area contributed by atoms with E-state index in [0.29, 0.717) is 5.56 Å².